The molecule has 2 atom stereocenters. The number of hydrogen-bond donors (Lipinski definition) is 1. The molecule has 0 fully saturated rings. The Morgan fingerprint density at radius 3 is 1.81 bits per heavy atom. The number of nitrogens with zero attached hydrogens (tertiary/aromatic N) is 2. The van der Waals surface area contributed by atoms with Gasteiger partial charge < -0.3 is 5.11 Å². The lowest BCUT2D eigenvalue weighted by Crippen LogP contribution is -2.52. The SMILES string of the molecule is O=C(O)c1ccccc1-c1c2cc3[n+]4c(c2[o+]c2c5[n+]6c(cc12)CCCC6CCC5)CCCC4CCC3. The van der Waals surface area contributed by atoms with Crippen molar-refractivity contribution in [2.75, 3.05) is 0 Å². The second-order valence-corrected chi connectivity index (χ2v) is 11.6. The summed E-state index contributed by atoms with van der Waals surface area (Å²) in [6.07, 6.45) is 14.0. The van der Waals surface area contributed by atoms with E-state index in [9.17, 15) is 9.90 Å². The summed E-state index contributed by atoms with van der Waals surface area (Å²) in [6.45, 7) is 0. The van der Waals surface area contributed by atoms with Gasteiger partial charge in [0.2, 0.25) is 0 Å². The molecule has 1 N–H and O–H groups in total. The average Bonchev–Trinajstić information content (AvgIpc) is 2.93. The first-order valence-corrected chi connectivity index (χ1v) is 14.3. The van der Waals surface area contributed by atoms with Crippen LogP contribution in [0.5, 0.6) is 0 Å². The number of carboxylic acids is 1. The van der Waals surface area contributed by atoms with Crippen LogP contribution in [0.1, 0.15) is 96.6 Å². The first kappa shape index (κ1) is 21.7. The summed E-state index contributed by atoms with van der Waals surface area (Å²) in [5.41, 5.74) is 9.59. The minimum atomic E-state index is -0.875. The minimum absolute atomic E-state index is 0.366. The van der Waals surface area contributed by atoms with Crippen LogP contribution < -0.4 is 9.13 Å². The van der Waals surface area contributed by atoms with Crippen molar-refractivity contribution in [2.24, 2.45) is 0 Å². The second kappa shape index (κ2) is 8.08. The van der Waals surface area contributed by atoms with Gasteiger partial charge in [0.25, 0.3) is 11.4 Å². The molecular formula is C32H33N2O3+3. The molecule has 0 saturated carbocycles. The summed E-state index contributed by atoms with van der Waals surface area (Å²) < 4.78 is 12.2. The van der Waals surface area contributed by atoms with E-state index < -0.39 is 5.97 Å². The quantitative estimate of drug-likeness (QED) is 0.204. The average molecular weight is 494 g/mol. The molecule has 5 nitrogen and oxygen atoms in total. The molecule has 37 heavy (non-hydrogen) atoms. The Morgan fingerprint density at radius 2 is 1.27 bits per heavy atom. The first-order valence-electron chi connectivity index (χ1n) is 14.3. The second-order valence-electron chi connectivity index (χ2n) is 11.6. The fourth-order valence-electron chi connectivity index (χ4n) is 8.12. The highest BCUT2D eigenvalue weighted by molar-refractivity contribution is 6.12. The number of carboxylic acid groups (broad SMARTS) is 1. The molecule has 0 radical (unpaired) electrons. The maximum absolute atomic E-state index is 12.5. The number of benzene rings is 1. The Kier molecular flexibility index (Phi) is 4.74. The molecule has 1 aromatic carbocycles. The Hall–Kier alpha value is -3.34. The van der Waals surface area contributed by atoms with Crippen LogP contribution in [-0.2, 0) is 25.7 Å². The summed E-state index contributed by atoms with van der Waals surface area (Å²) in [7, 11) is 0. The van der Waals surface area contributed by atoms with E-state index in [0.717, 1.165) is 58.7 Å². The van der Waals surface area contributed by atoms with E-state index in [2.05, 4.69) is 21.3 Å². The predicted octanol–water partition coefficient (Wildman–Crippen LogP) is 6.23. The van der Waals surface area contributed by atoms with Crippen LogP contribution >= 0.6 is 0 Å². The number of aromatic nitrogens is 2. The smallest absolute Gasteiger partial charge is 0.427 e. The van der Waals surface area contributed by atoms with Crippen LogP contribution in [0.25, 0.3) is 33.1 Å². The molecule has 2 unspecified atom stereocenters. The maximum Gasteiger partial charge on any atom is 0.427 e. The minimum Gasteiger partial charge on any atom is -0.478 e. The third-order valence-corrected chi connectivity index (χ3v) is 9.58. The van der Waals surface area contributed by atoms with Crippen LogP contribution in [0.4, 0.5) is 0 Å². The summed E-state index contributed by atoms with van der Waals surface area (Å²) in [5.74, 6) is -0.875. The number of aryl methyl sites for hydroxylation is 4. The molecule has 7 heterocycles. The van der Waals surface area contributed by atoms with E-state index in [-0.39, 0.29) is 0 Å². The largest absolute Gasteiger partial charge is 0.478 e. The Bertz CT molecular complexity index is 1550. The molecule has 0 saturated heterocycles. The lowest BCUT2D eigenvalue weighted by molar-refractivity contribution is -0.746. The van der Waals surface area contributed by atoms with Crippen molar-refractivity contribution in [1.82, 2.24) is 0 Å². The van der Waals surface area contributed by atoms with Crippen LogP contribution in [0.3, 0.4) is 0 Å². The molecule has 4 aliphatic rings. The highest BCUT2D eigenvalue weighted by Crippen LogP contribution is 2.43. The molecule has 4 aliphatic heterocycles. The highest BCUT2D eigenvalue weighted by atomic mass is 16.4. The lowest BCUT2D eigenvalue weighted by atomic mass is 9.86. The first-order chi connectivity index (χ1) is 18.2. The Balaban J connectivity index is 1.58. The van der Waals surface area contributed by atoms with Crippen molar-refractivity contribution in [2.45, 2.75) is 89.1 Å². The van der Waals surface area contributed by atoms with Crippen molar-refractivity contribution in [3.63, 3.8) is 0 Å². The third kappa shape index (κ3) is 3.09. The molecular weight excluding hydrogens is 460 g/mol. The molecule has 5 heteroatoms. The van der Waals surface area contributed by atoms with Crippen LogP contribution in [-0.4, -0.2) is 11.1 Å². The van der Waals surface area contributed by atoms with E-state index in [0.29, 0.717) is 17.6 Å². The molecule has 3 aromatic heterocycles. The van der Waals surface area contributed by atoms with Crippen molar-refractivity contribution < 1.29 is 23.5 Å². The van der Waals surface area contributed by atoms with Crippen molar-refractivity contribution in [3.8, 4) is 11.1 Å². The third-order valence-electron chi connectivity index (χ3n) is 9.58. The Labute approximate surface area is 216 Å². The summed E-state index contributed by atoms with van der Waals surface area (Å²) in [4.78, 5) is 12.5. The van der Waals surface area contributed by atoms with Gasteiger partial charge >= 0.3 is 17.1 Å². The molecule has 0 bridgehead atoms. The molecule has 186 valence electrons. The van der Waals surface area contributed by atoms with Gasteiger partial charge in [-0.1, -0.05) is 18.2 Å². The van der Waals surface area contributed by atoms with Gasteiger partial charge in [-0.05, 0) is 37.3 Å². The van der Waals surface area contributed by atoms with E-state index in [1.807, 2.05) is 18.2 Å². The molecule has 8 rings (SSSR count). The zero-order chi connectivity index (χ0) is 24.7. The van der Waals surface area contributed by atoms with E-state index >= 15 is 0 Å². The zero-order valence-electron chi connectivity index (χ0n) is 21.3. The Morgan fingerprint density at radius 1 is 0.757 bits per heavy atom. The number of pyridine rings is 2. The van der Waals surface area contributed by atoms with Crippen LogP contribution in [0.2, 0.25) is 0 Å². The van der Waals surface area contributed by atoms with E-state index in [1.54, 1.807) is 6.07 Å². The summed E-state index contributed by atoms with van der Waals surface area (Å²) in [6, 6.07) is 13.4. The van der Waals surface area contributed by atoms with Crippen molar-refractivity contribution in [1.29, 1.82) is 0 Å². The number of fused-ring (bicyclic) bond motifs is 4. The van der Waals surface area contributed by atoms with Crippen LogP contribution in [0.15, 0.2) is 40.8 Å². The summed E-state index contributed by atoms with van der Waals surface area (Å²) >= 11 is 0. The number of aromatic carboxylic acids is 1. The maximum atomic E-state index is 12.5. The number of carbonyl (C=O) groups is 1. The molecule has 4 aromatic rings. The molecule has 0 aliphatic carbocycles. The van der Waals surface area contributed by atoms with E-state index in [4.69, 9.17) is 4.42 Å². The zero-order valence-corrected chi connectivity index (χ0v) is 21.3. The van der Waals surface area contributed by atoms with Gasteiger partial charge in [0.05, 0.1) is 5.56 Å². The van der Waals surface area contributed by atoms with Gasteiger partial charge in [-0.15, -0.1) is 0 Å². The molecule has 0 amide bonds. The topological polar surface area (TPSA) is 56.4 Å². The summed E-state index contributed by atoms with van der Waals surface area (Å²) in [5, 5.41) is 12.4. The van der Waals surface area contributed by atoms with Gasteiger partial charge in [0.15, 0.2) is 23.5 Å². The monoisotopic (exact) mass is 493 g/mol. The van der Waals surface area contributed by atoms with Crippen molar-refractivity contribution in [3.05, 3.63) is 64.7 Å². The number of rotatable bonds is 2. The lowest BCUT2D eigenvalue weighted by Gasteiger charge is -2.26. The standard InChI is InChI=1S/C32H32N2O3/c35-32(36)24-14-2-1-13-23(24)29-25-17-21-11-3-7-19-9-5-15-27(33(19)21)30(25)37-31-26(29)18-22-12-4-8-20-10-6-16-28(31)34(20)22/h1-2,13-14,17-20H,3-12,15-16H2/q+2/p+1. The van der Waals surface area contributed by atoms with Gasteiger partial charge in [-0.25, -0.2) is 4.79 Å². The molecule has 0 spiro atoms. The predicted molar refractivity (Wildman–Crippen MR) is 141 cm³/mol. The number of hydrogen-bond acceptors (Lipinski definition) is 1. The fourth-order valence-corrected chi connectivity index (χ4v) is 8.12. The normalized spacial score (nSPS) is 22.1. The van der Waals surface area contributed by atoms with Gasteiger partial charge in [0, 0.05) is 69.1 Å². The fraction of sp³-hybridized carbons (Fsp3) is 0.438. The van der Waals surface area contributed by atoms with Crippen molar-refractivity contribution >= 4 is 27.9 Å². The van der Waals surface area contributed by atoms with E-state index in [1.165, 1.54) is 74.1 Å². The van der Waals surface area contributed by atoms with Gasteiger partial charge in [-0.3, -0.25) is 0 Å². The van der Waals surface area contributed by atoms with Crippen LogP contribution in [0, 0.1) is 0 Å². The highest BCUT2D eigenvalue weighted by Gasteiger charge is 2.44. The van der Waals surface area contributed by atoms with Gasteiger partial charge in [-0.2, -0.15) is 13.6 Å². The van der Waals surface area contributed by atoms with Gasteiger partial charge in [0.1, 0.15) is 10.8 Å².